The van der Waals surface area contributed by atoms with Crippen LogP contribution in [0.2, 0.25) is 0 Å². The highest BCUT2D eigenvalue weighted by atomic mass is 14.3. The molecule has 13 aromatic rings. The second-order valence-corrected chi connectivity index (χ2v) is 18.0. The van der Waals surface area contributed by atoms with Crippen molar-refractivity contribution in [1.82, 2.24) is 0 Å². The van der Waals surface area contributed by atoms with Crippen molar-refractivity contribution >= 4 is 110 Å². The van der Waals surface area contributed by atoms with Gasteiger partial charge >= 0.3 is 0 Å². The largest absolute Gasteiger partial charge is 0.0616 e. The van der Waals surface area contributed by atoms with Gasteiger partial charge in [0.2, 0.25) is 0 Å². The minimum Gasteiger partial charge on any atom is -0.0616 e. The maximum atomic E-state index is 2.53. The van der Waals surface area contributed by atoms with E-state index in [1.807, 2.05) is 0 Å². The fourth-order valence-corrected chi connectivity index (χ4v) is 11.6. The van der Waals surface area contributed by atoms with E-state index in [4.69, 9.17) is 0 Å². The van der Waals surface area contributed by atoms with Gasteiger partial charge in [0.15, 0.2) is 0 Å². The van der Waals surface area contributed by atoms with E-state index < -0.39 is 0 Å². The molecule has 0 bridgehead atoms. The predicted octanol–water partition coefficient (Wildman–Crippen LogP) is 18.0. The van der Waals surface area contributed by atoms with E-state index >= 15 is 0 Å². The van der Waals surface area contributed by atoms with Crippen LogP contribution in [0.4, 0.5) is 0 Å². The van der Waals surface area contributed by atoms with Crippen molar-refractivity contribution in [3.8, 4) is 44.5 Å². The molecule has 0 nitrogen and oxygen atoms in total. The lowest BCUT2D eigenvalue weighted by Gasteiger charge is -2.23. The van der Waals surface area contributed by atoms with Gasteiger partial charge in [0.05, 0.1) is 0 Å². The number of hydrogen-bond acceptors (Lipinski definition) is 0. The summed E-state index contributed by atoms with van der Waals surface area (Å²) in [5.41, 5.74) is 15.3. The van der Waals surface area contributed by atoms with E-state index in [-0.39, 0.29) is 0 Å². The molecule has 0 radical (unpaired) electrons. The molecular formula is C64H36. The average molecular weight is 805 g/mol. The summed E-state index contributed by atoms with van der Waals surface area (Å²) in [6.45, 7) is 0. The SMILES string of the molecule is C1=Cc2c(-c3ccc4ccccc4c3)cc3c4cc(-c5ccc6ccccc6c5)c5c6c(c(-c7ccc8ccccc8c7)cc(c7cc(-c8ccc9ccccc9c8)c1c2c73)c64)C=C5. The highest BCUT2D eigenvalue weighted by Crippen LogP contribution is 2.55. The Morgan fingerprint density at radius 3 is 0.672 bits per heavy atom. The van der Waals surface area contributed by atoms with Crippen molar-refractivity contribution in [2.24, 2.45) is 0 Å². The van der Waals surface area contributed by atoms with Gasteiger partial charge in [0, 0.05) is 0 Å². The Hall–Kier alpha value is -8.32. The smallest absolute Gasteiger partial charge is 0.00134 e. The third-order valence-electron chi connectivity index (χ3n) is 14.6. The van der Waals surface area contributed by atoms with Crippen LogP contribution in [-0.4, -0.2) is 0 Å². The average Bonchev–Trinajstić information content (AvgIpc) is 4.01. The molecule has 0 spiro atoms. The molecule has 0 heteroatoms. The standard InChI is InChI=1S/C64H36/c1-5-13-41-29-45(21-17-37(41)9-1)53-33-57-58-34-55(47-23-19-39-11-3-7-15-43(39)31-47)51-27-28-52-56(48-24-20-40-12-4-8-16-44(40)32-48)36-60(64(58)62(51)52)59-35-54(50-26-25-49(53)61(50)63(57)59)46-22-18-38-10-2-6-14-42(38)30-46/h1-36H. The lowest BCUT2D eigenvalue weighted by molar-refractivity contribution is 1.65. The highest BCUT2D eigenvalue weighted by molar-refractivity contribution is 6.40. The van der Waals surface area contributed by atoms with Crippen molar-refractivity contribution in [2.45, 2.75) is 0 Å². The normalized spacial score (nSPS) is 12.9. The molecule has 0 amide bonds. The summed E-state index contributed by atoms with van der Waals surface area (Å²) in [6, 6.07) is 73.1. The molecule has 2 aliphatic rings. The summed E-state index contributed by atoms with van der Waals surface area (Å²) in [4.78, 5) is 0. The molecule has 0 fully saturated rings. The number of benzene rings is 13. The Bertz CT molecular complexity index is 3740. The number of rotatable bonds is 4. The summed E-state index contributed by atoms with van der Waals surface area (Å²) < 4.78 is 0. The Morgan fingerprint density at radius 2 is 0.422 bits per heavy atom. The van der Waals surface area contributed by atoms with Crippen molar-refractivity contribution < 1.29 is 0 Å². The van der Waals surface area contributed by atoms with Gasteiger partial charge in [-0.05, 0) is 201 Å². The predicted molar refractivity (Wildman–Crippen MR) is 277 cm³/mol. The second kappa shape index (κ2) is 12.6. The summed E-state index contributed by atoms with van der Waals surface area (Å²) in [5.74, 6) is 0. The van der Waals surface area contributed by atoms with E-state index in [0.717, 1.165) is 0 Å². The van der Waals surface area contributed by atoms with Crippen molar-refractivity contribution in [3.63, 3.8) is 0 Å². The van der Waals surface area contributed by atoms with E-state index in [2.05, 4.69) is 218 Å². The summed E-state index contributed by atoms with van der Waals surface area (Å²) in [5, 5.41) is 20.7. The third-order valence-corrected chi connectivity index (χ3v) is 14.6. The van der Waals surface area contributed by atoms with Crippen molar-refractivity contribution in [3.05, 3.63) is 216 Å². The summed E-state index contributed by atoms with van der Waals surface area (Å²) in [7, 11) is 0. The van der Waals surface area contributed by atoms with E-state index in [1.54, 1.807) is 0 Å². The zero-order chi connectivity index (χ0) is 41.6. The van der Waals surface area contributed by atoms with Gasteiger partial charge in [-0.15, -0.1) is 0 Å². The molecule has 0 atom stereocenters. The Kier molecular flexibility index (Phi) is 6.77. The quantitative estimate of drug-likeness (QED) is 0.123. The summed E-state index contributed by atoms with van der Waals surface area (Å²) >= 11 is 0. The Labute approximate surface area is 369 Å². The molecule has 0 saturated heterocycles. The molecule has 0 aliphatic heterocycles. The van der Waals surface area contributed by atoms with Crippen molar-refractivity contribution in [1.29, 1.82) is 0 Å². The van der Waals surface area contributed by atoms with E-state index in [0.29, 0.717) is 0 Å². The molecule has 0 unspecified atom stereocenters. The fourth-order valence-electron chi connectivity index (χ4n) is 11.6. The minimum absolute atomic E-state index is 1.24. The van der Waals surface area contributed by atoms with E-state index in [1.165, 1.54) is 153 Å². The maximum absolute atomic E-state index is 2.53. The van der Waals surface area contributed by atoms with E-state index in [9.17, 15) is 0 Å². The van der Waals surface area contributed by atoms with Crippen LogP contribution in [0.15, 0.2) is 194 Å². The zero-order valence-electron chi connectivity index (χ0n) is 34.8. The molecule has 15 rings (SSSR count). The molecule has 64 heavy (non-hydrogen) atoms. The first kappa shape index (κ1) is 34.3. The first-order valence-corrected chi connectivity index (χ1v) is 22.4. The number of fused-ring (bicyclic) bond motifs is 6. The van der Waals surface area contributed by atoms with Gasteiger partial charge in [0.25, 0.3) is 0 Å². The van der Waals surface area contributed by atoms with Crippen LogP contribution in [0.5, 0.6) is 0 Å². The third kappa shape index (κ3) is 4.72. The van der Waals surface area contributed by atoms with Crippen LogP contribution in [-0.2, 0) is 0 Å². The molecule has 0 N–H and O–H groups in total. The highest BCUT2D eigenvalue weighted by Gasteiger charge is 2.29. The van der Waals surface area contributed by atoms with Crippen LogP contribution < -0.4 is 0 Å². The van der Waals surface area contributed by atoms with Crippen LogP contribution in [0.25, 0.3) is 155 Å². The Balaban J connectivity index is 1.14. The molecule has 2 aliphatic carbocycles. The summed E-state index contributed by atoms with van der Waals surface area (Å²) in [6.07, 6.45) is 9.57. The molecular weight excluding hydrogens is 769 g/mol. The molecule has 13 aromatic carbocycles. The maximum Gasteiger partial charge on any atom is -0.00134 e. The minimum atomic E-state index is 1.24. The molecule has 292 valence electrons. The van der Waals surface area contributed by atoms with Gasteiger partial charge in [-0.25, -0.2) is 0 Å². The topological polar surface area (TPSA) is 0 Å². The van der Waals surface area contributed by atoms with Gasteiger partial charge in [-0.1, -0.05) is 170 Å². The first-order valence-electron chi connectivity index (χ1n) is 22.4. The lowest BCUT2D eigenvalue weighted by atomic mass is 9.80. The molecule has 0 heterocycles. The monoisotopic (exact) mass is 804 g/mol. The van der Waals surface area contributed by atoms with Crippen molar-refractivity contribution in [2.75, 3.05) is 0 Å². The van der Waals surface area contributed by atoms with Crippen LogP contribution in [0.1, 0.15) is 22.3 Å². The first-order chi connectivity index (χ1) is 31.7. The molecule has 0 aromatic heterocycles. The van der Waals surface area contributed by atoms with Crippen LogP contribution in [0, 0.1) is 0 Å². The fraction of sp³-hybridized carbons (Fsp3) is 0. The second-order valence-electron chi connectivity index (χ2n) is 18.0. The lowest BCUT2D eigenvalue weighted by Crippen LogP contribution is -1.97. The van der Waals surface area contributed by atoms with Gasteiger partial charge < -0.3 is 0 Å². The molecule has 0 saturated carbocycles. The van der Waals surface area contributed by atoms with Crippen LogP contribution in [0.3, 0.4) is 0 Å². The number of hydrogen-bond donors (Lipinski definition) is 0. The van der Waals surface area contributed by atoms with Gasteiger partial charge in [-0.2, -0.15) is 0 Å². The van der Waals surface area contributed by atoms with Gasteiger partial charge in [-0.3, -0.25) is 0 Å². The Morgan fingerprint density at radius 1 is 0.188 bits per heavy atom. The zero-order valence-corrected chi connectivity index (χ0v) is 34.8. The van der Waals surface area contributed by atoms with Crippen LogP contribution >= 0.6 is 0 Å². The van der Waals surface area contributed by atoms with Gasteiger partial charge in [0.1, 0.15) is 0 Å².